The third-order valence-corrected chi connectivity index (χ3v) is 5.50. The fourth-order valence-electron chi connectivity index (χ4n) is 2.81. The minimum Gasteiger partial charge on any atom is -0.230 e. The van der Waals surface area contributed by atoms with Crippen molar-refractivity contribution in [1.82, 2.24) is 0 Å². The van der Waals surface area contributed by atoms with Gasteiger partial charge in [0.2, 0.25) is 0 Å². The van der Waals surface area contributed by atoms with E-state index in [1.165, 1.54) is 17.4 Å². The first-order valence-electron chi connectivity index (χ1n) is 8.40. The number of nitrogens with one attached hydrogen (secondary N) is 1. The second-order valence-electron chi connectivity index (χ2n) is 7.26. The van der Waals surface area contributed by atoms with Gasteiger partial charge in [-0.05, 0) is 63.2 Å². The summed E-state index contributed by atoms with van der Waals surface area (Å²) in [7, 11) is 0. The molecule has 0 spiro atoms. The summed E-state index contributed by atoms with van der Waals surface area (Å²) in [5.41, 5.74) is 1.01. The van der Waals surface area contributed by atoms with Crippen molar-refractivity contribution < 1.29 is 17.7 Å². The number of benzene rings is 2. The molecule has 0 fully saturated rings. The lowest BCUT2D eigenvalue weighted by Gasteiger charge is -2.20. The average Bonchev–Trinajstić information content (AvgIpc) is 3.00. The molecule has 8 heteroatoms. The molecule has 1 heterocycles. The summed E-state index contributed by atoms with van der Waals surface area (Å²) in [5.74, 6) is 0. The Hall–Kier alpha value is -1.76. The van der Waals surface area contributed by atoms with Crippen LogP contribution in [0.1, 0.15) is 26.3 Å². The molecule has 0 aliphatic heterocycles. The molecule has 3 aromatic rings. The standard InChI is InChI=1S/C20H17Cl2F3N2S/c1-19(2,3)27-17(12-4-7-14(21)8-5-12)11-28-18(27)26-16-10-13(20(23,24)25)6-9-15(16)22/h4-11H,1-3H3/p+1. The van der Waals surface area contributed by atoms with E-state index < -0.39 is 11.7 Å². The highest BCUT2D eigenvalue weighted by atomic mass is 35.5. The fraction of sp³-hybridized carbons (Fsp3) is 0.250. The first-order valence-corrected chi connectivity index (χ1v) is 10.0. The Morgan fingerprint density at radius 2 is 1.61 bits per heavy atom. The van der Waals surface area contributed by atoms with Crippen molar-refractivity contribution in [1.29, 1.82) is 0 Å². The van der Waals surface area contributed by atoms with E-state index in [-0.39, 0.29) is 16.2 Å². The van der Waals surface area contributed by atoms with Crippen LogP contribution in [0.2, 0.25) is 10.0 Å². The smallest absolute Gasteiger partial charge is 0.230 e. The molecule has 148 valence electrons. The molecule has 1 aromatic heterocycles. The third kappa shape index (κ3) is 4.45. The molecule has 2 aromatic carbocycles. The zero-order valence-electron chi connectivity index (χ0n) is 15.4. The lowest BCUT2D eigenvalue weighted by atomic mass is 10.1. The molecule has 0 unspecified atom stereocenters. The molecular weight excluding hydrogens is 428 g/mol. The summed E-state index contributed by atoms with van der Waals surface area (Å²) < 4.78 is 41.3. The van der Waals surface area contributed by atoms with Crippen LogP contribution in [-0.2, 0) is 11.7 Å². The predicted octanol–water partition coefficient (Wildman–Crippen LogP) is 7.53. The van der Waals surface area contributed by atoms with E-state index in [0.717, 1.165) is 23.4 Å². The number of halogens is 5. The molecule has 3 rings (SSSR count). The van der Waals surface area contributed by atoms with Crippen LogP contribution in [0.3, 0.4) is 0 Å². The average molecular weight is 446 g/mol. The van der Waals surface area contributed by atoms with Gasteiger partial charge < -0.3 is 0 Å². The van der Waals surface area contributed by atoms with E-state index >= 15 is 0 Å². The second kappa shape index (κ2) is 7.58. The summed E-state index contributed by atoms with van der Waals surface area (Å²) >= 11 is 13.5. The third-order valence-electron chi connectivity index (χ3n) is 4.07. The Balaban J connectivity index is 2.08. The van der Waals surface area contributed by atoms with Crippen LogP contribution in [-0.4, -0.2) is 0 Å². The van der Waals surface area contributed by atoms with Gasteiger partial charge in [0, 0.05) is 16.0 Å². The van der Waals surface area contributed by atoms with Crippen LogP contribution in [0.25, 0.3) is 11.3 Å². The maximum atomic E-state index is 13.1. The maximum Gasteiger partial charge on any atom is 0.416 e. The van der Waals surface area contributed by atoms with Crippen LogP contribution in [0, 0.1) is 0 Å². The Labute approximate surface area is 175 Å². The number of aromatic nitrogens is 1. The molecule has 1 N–H and O–H groups in total. The van der Waals surface area contributed by atoms with Crippen molar-refractivity contribution in [2.75, 3.05) is 5.32 Å². The highest BCUT2D eigenvalue weighted by Crippen LogP contribution is 2.36. The van der Waals surface area contributed by atoms with Crippen molar-refractivity contribution >= 4 is 45.4 Å². The molecule has 0 amide bonds. The lowest BCUT2D eigenvalue weighted by molar-refractivity contribution is -0.727. The van der Waals surface area contributed by atoms with Gasteiger partial charge in [0.25, 0.3) is 0 Å². The van der Waals surface area contributed by atoms with Crippen LogP contribution >= 0.6 is 34.5 Å². The van der Waals surface area contributed by atoms with Crippen molar-refractivity contribution in [2.24, 2.45) is 0 Å². The highest BCUT2D eigenvalue weighted by Gasteiger charge is 2.33. The normalized spacial score (nSPS) is 12.3. The van der Waals surface area contributed by atoms with Crippen molar-refractivity contribution in [3.8, 4) is 11.3 Å². The van der Waals surface area contributed by atoms with Crippen LogP contribution in [0.5, 0.6) is 0 Å². The van der Waals surface area contributed by atoms with Crippen LogP contribution in [0.4, 0.5) is 24.0 Å². The number of anilines is 2. The Kier molecular flexibility index (Phi) is 5.67. The van der Waals surface area contributed by atoms with Crippen molar-refractivity contribution in [3.63, 3.8) is 0 Å². The molecule has 0 aliphatic rings. The zero-order chi connectivity index (χ0) is 20.7. The summed E-state index contributed by atoms with van der Waals surface area (Å²) in [6.45, 7) is 6.08. The number of hydrogen-bond acceptors (Lipinski definition) is 2. The molecule has 0 saturated carbocycles. The molecule has 0 bridgehead atoms. The van der Waals surface area contributed by atoms with Gasteiger partial charge in [0.1, 0.15) is 16.9 Å². The largest absolute Gasteiger partial charge is 0.416 e. The minimum absolute atomic E-state index is 0.207. The van der Waals surface area contributed by atoms with Gasteiger partial charge in [-0.3, -0.25) is 0 Å². The van der Waals surface area contributed by atoms with Gasteiger partial charge in [0.15, 0.2) is 0 Å². The second-order valence-corrected chi connectivity index (χ2v) is 8.96. The van der Waals surface area contributed by atoms with E-state index in [4.69, 9.17) is 23.2 Å². The first kappa shape index (κ1) is 21.0. The lowest BCUT2D eigenvalue weighted by Crippen LogP contribution is -2.51. The maximum absolute atomic E-state index is 13.1. The highest BCUT2D eigenvalue weighted by molar-refractivity contribution is 7.13. The van der Waals surface area contributed by atoms with E-state index in [1.807, 2.05) is 42.9 Å². The van der Waals surface area contributed by atoms with E-state index in [2.05, 4.69) is 5.32 Å². The minimum atomic E-state index is -4.44. The van der Waals surface area contributed by atoms with E-state index in [0.29, 0.717) is 10.2 Å². The SMILES string of the molecule is CC(C)(C)[n+]1c(-c2ccc(Cl)cc2)csc1Nc1cc(C(F)(F)F)ccc1Cl. The quantitative estimate of drug-likeness (QED) is 0.412. The molecule has 28 heavy (non-hydrogen) atoms. The zero-order valence-corrected chi connectivity index (χ0v) is 17.7. The van der Waals surface area contributed by atoms with Gasteiger partial charge >= 0.3 is 11.3 Å². The van der Waals surface area contributed by atoms with Gasteiger partial charge in [-0.1, -0.05) is 34.5 Å². The molecule has 0 saturated heterocycles. The van der Waals surface area contributed by atoms with Crippen molar-refractivity contribution in [2.45, 2.75) is 32.5 Å². The molecule has 2 nitrogen and oxygen atoms in total. The number of thiazole rings is 1. The van der Waals surface area contributed by atoms with Crippen LogP contribution < -0.4 is 9.88 Å². The van der Waals surface area contributed by atoms with Gasteiger partial charge in [0.05, 0.1) is 10.6 Å². The Morgan fingerprint density at radius 3 is 2.18 bits per heavy atom. The van der Waals surface area contributed by atoms with Crippen LogP contribution in [0.15, 0.2) is 47.8 Å². The number of alkyl halides is 3. The number of hydrogen-bond donors (Lipinski definition) is 1. The molecule has 0 atom stereocenters. The summed E-state index contributed by atoms with van der Waals surface area (Å²) in [6.07, 6.45) is -4.44. The topological polar surface area (TPSA) is 15.9 Å². The predicted molar refractivity (Wildman–Crippen MR) is 110 cm³/mol. The van der Waals surface area contributed by atoms with E-state index in [9.17, 15) is 13.2 Å². The summed E-state index contributed by atoms with van der Waals surface area (Å²) in [6, 6.07) is 10.7. The molecule has 0 aliphatic carbocycles. The summed E-state index contributed by atoms with van der Waals surface area (Å²) in [5, 5.41) is 6.57. The van der Waals surface area contributed by atoms with Crippen molar-refractivity contribution in [3.05, 3.63) is 63.5 Å². The Bertz CT molecular complexity index is 990. The number of rotatable bonds is 3. The first-order chi connectivity index (χ1) is 13.0. The Morgan fingerprint density at radius 1 is 0.964 bits per heavy atom. The fourth-order valence-corrected chi connectivity index (χ4v) is 4.21. The monoisotopic (exact) mass is 445 g/mol. The number of nitrogens with zero attached hydrogens (tertiary/aromatic N) is 1. The van der Waals surface area contributed by atoms with Gasteiger partial charge in [-0.15, -0.1) is 0 Å². The molecule has 0 radical (unpaired) electrons. The summed E-state index contributed by atoms with van der Waals surface area (Å²) in [4.78, 5) is 0. The molecular formula is C20H18Cl2F3N2S+. The van der Waals surface area contributed by atoms with E-state index in [1.54, 1.807) is 12.1 Å². The van der Waals surface area contributed by atoms with Gasteiger partial charge in [-0.25, -0.2) is 9.88 Å². The van der Waals surface area contributed by atoms with Gasteiger partial charge in [-0.2, -0.15) is 13.2 Å².